The van der Waals surface area contributed by atoms with Crippen LogP contribution in [0.15, 0.2) is 48.5 Å². The number of rotatable bonds is 8. The molecule has 2 aliphatic heterocycles. The van der Waals surface area contributed by atoms with Gasteiger partial charge in [-0.3, -0.25) is 9.59 Å². The van der Waals surface area contributed by atoms with Crippen LogP contribution in [0.2, 0.25) is 0 Å². The van der Waals surface area contributed by atoms with Crippen molar-refractivity contribution < 1.29 is 9.59 Å². The number of hydrogen-bond acceptors (Lipinski definition) is 3. The third-order valence-corrected chi connectivity index (χ3v) is 6.24. The van der Waals surface area contributed by atoms with Crippen molar-refractivity contribution in [2.45, 2.75) is 45.2 Å². The first kappa shape index (κ1) is 20.6. The standard InChI is InChI=1S/C25H31N3O2/c1-19-9-11-20(12-10-19)23(28-18-21-7-2-3-8-22(21)25(28)30)17-24(29)26-13-6-16-27-14-4-5-15-27/h2-3,7-12,23H,4-6,13-18H2,1H3,(H,26,29)/t23-/m1/s1. The van der Waals surface area contributed by atoms with Crippen molar-refractivity contribution in [1.29, 1.82) is 0 Å². The summed E-state index contributed by atoms with van der Waals surface area (Å²) in [5.41, 5.74) is 3.96. The number of amides is 2. The number of aryl methyl sites for hydroxylation is 1. The second-order valence-electron chi connectivity index (χ2n) is 8.47. The van der Waals surface area contributed by atoms with Gasteiger partial charge in [-0.05, 0) is 63.0 Å². The number of fused-ring (bicyclic) bond motifs is 1. The first-order valence-corrected chi connectivity index (χ1v) is 11.1. The normalized spacial score (nSPS) is 17.2. The molecule has 0 saturated carbocycles. The summed E-state index contributed by atoms with van der Waals surface area (Å²) >= 11 is 0. The Labute approximate surface area is 179 Å². The molecule has 1 N–H and O–H groups in total. The summed E-state index contributed by atoms with van der Waals surface area (Å²) in [7, 11) is 0. The summed E-state index contributed by atoms with van der Waals surface area (Å²) in [6.07, 6.45) is 3.83. The van der Waals surface area contributed by atoms with Crippen LogP contribution in [0, 0.1) is 6.92 Å². The monoisotopic (exact) mass is 405 g/mol. The van der Waals surface area contributed by atoms with E-state index in [0.717, 1.165) is 29.7 Å². The number of nitrogens with zero attached hydrogens (tertiary/aromatic N) is 2. The summed E-state index contributed by atoms with van der Waals surface area (Å²) in [5, 5.41) is 3.07. The zero-order chi connectivity index (χ0) is 20.9. The van der Waals surface area contributed by atoms with Crippen molar-refractivity contribution in [3.63, 3.8) is 0 Å². The van der Waals surface area contributed by atoms with Gasteiger partial charge in [-0.15, -0.1) is 0 Å². The van der Waals surface area contributed by atoms with Crippen LogP contribution >= 0.6 is 0 Å². The van der Waals surface area contributed by atoms with Crippen LogP contribution in [-0.4, -0.2) is 47.8 Å². The average Bonchev–Trinajstić information content (AvgIpc) is 3.39. The number of carbonyl (C=O) groups is 2. The lowest BCUT2D eigenvalue weighted by Gasteiger charge is -2.28. The van der Waals surface area contributed by atoms with Gasteiger partial charge in [-0.1, -0.05) is 48.0 Å². The molecule has 0 aromatic heterocycles. The molecule has 2 heterocycles. The summed E-state index contributed by atoms with van der Waals surface area (Å²) in [4.78, 5) is 30.1. The largest absolute Gasteiger partial charge is 0.356 e. The smallest absolute Gasteiger partial charge is 0.255 e. The molecule has 1 atom stereocenters. The maximum absolute atomic E-state index is 13.1. The van der Waals surface area contributed by atoms with Crippen molar-refractivity contribution in [1.82, 2.24) is 15.1 Å². The number of benzene rings is 2. The van der Waals surface area contributed by atoms with Gasteiger partial charge in [0, 0.05) is 18.7 Å². The molecule has 5 heteroatoms. The maximum atomic E-state index is 13.1. The second-order valence-corrected chi connectivity index (χ2v) is 8.47. The lowest BCUT2D eigenvalue weighted by Crippen LogP contribution is -2.35. The highest BCUT2D eigenvalue weighted by Crippen LogP contribution is 2.33. The van der Waals surface area contributed by atoms with E-state index >= 15 is 0 Å². The van der Waals surface area contributed by atoms with Gasteiger partial charge in [-0.25, -0.2) is 0 Å². The Hall–Kier alpha value is -2.66. The van der Waals surface area contributed by atoms with Crippen LogP contribution < -0.4 is 5.32 Å². The molecule has 0 unspecified atom stereocenters. The van der Waals surface area contributed by atoms with Crippen LogP contribution in [0.3, 0.4) is 0 Å². The molecule has 30 heavy (non-hydrogen) atoms. The molecule has 2 aliphatic rings. The molecule has 2 aromatic carbocycles. The molecular weight excluding hydrogens is 374 g/mol. The third kappa shape index (κ3) is 4.73. The van der Waals surface area contributed by atoms with Gasteiger partial charge in [0.05, 0.1) is 12.5 Å². The Kier molecular flexibility index (Phi) is 6.48. The SMILES string of the molecule is Cc1ccc([C@@H](CC(=O)NCCCN2CCCC2)N2Cc3ccccc3C2=O)cc1. The molecule has 0 radical (unpaired) electrons. The summed E-state index contributed by atoms with van der Waals surface area (Å²) < 4.78 is 0. The van der Waals surface area contributed by atoms with E-state index in [9.17, 15) is 9.59 Å². The number of carbonyl (C=O) groups excluding carboxylic acids is 2. The molecule has 2 amide bonds. The van der Waals surface area contributed by atoms with Crippen molar-refractivity contribution >= 4 is 11.8 Å². The average molecular weight is 406 g/mol. The Morgan fingerprint density at radius 3 is 2.53 bits per heavy atom. The zero-order valence-corrected chi connectivity index (χ0v) is 17.8. The van der Waals surface area contributed by atoms with Gasteiger partial charge in [0.15, 0.2) is 0 Å². The molecule has 2 aromatic rings. The van der Waals surface area contributed by atoms with E-state index in [1.54, 1.807) is 0 Å². The third-order valence-electron chi connectivity index (χ3n) is 6.24. The number of likely N-dealkylation sites (tertiary alicyclic amines) is 1. The predicted octanol–water partition coefficient (Wildman–Crippen LogP) is 3.68. The molecule has 0 bridgehead atoms. The number of hydrogen-bond donors (Lipinski definition) is 1. The quantitative estimate of drug-likeness (QED) is 0.682. The first-order valence-electron chi connectivity index (χ1n) is 11.1. The maximum Gasteiger partial charge on any atom is 0.255 e. The van der Waals surface area contributed by atoms with E-state index < -0.39 is 0 Å². The fourth-order valence-electron chi connectivity index (χ4n) is 4.51. The number of nitrogens with one attached hydrogen (secondary N) is 1. The highest BCUT2D eigenvalue weighted by atomic mass is 16.2. The first-order chi connectivity index (χ1) is 14.6. The molecule has 0 spiro atoms. The van der Waals surface area contributed by atoms with E-state index in [4.69, 9.17) is 0 Å². The minimum absolute atomic E-state index is 0.00533. The summed E-state index contributed by atoms with van der Waals surface area (Å²) in [6.45, 7) is 6.69. The molecular formula is C25H31N3O2. The Balaban J connectivity index is 1.41. The van der Waals surface area contributed by atoms with Gasteiger partial charge in [0.2, 0.25) is 5.91 Å². The Morgan fingerprint density at radius 2 is 1.80 bits per heavy atom. The van der Waals surface area contributed by atoms with Gasteiger partial charge in [-0.2, -0.15) is 0 Å². The molecule has 1 fully saturated rings. The van der Waals surface area contributed by atoms with Crippen LogP contribution in [0.25, 0.3) is 0 Å². The van der Waals surface area contributed by atoms with Gasteiger partial charge in [0.1, 0.15) is 0 Å². The Bertz CT molecular complexity index is 888. The highest BCUT2D eigenvalue weighted by Gasteiger charge is 2.34. The van der Waals surface area contributed by atoms with Crippen molar-refractivity contribution in [2.75, 3.05) is 26.2 Å². The lowest BCUT2D eigenvalue weighted by molar-refractivity contribution is -0.122. The van der Waals surface area contributed by atoms with Crippen molar-refractivity contribution in [3.8, 4) is 0 Å². The highest BCUT2D eigenvalue weighted by molar-refractivity contribution is 5.98. The fourth-order valence-corrected chi connectivity index (χ4v) is 4.51. The van der Waals surface area contributed by atoms with E-state index in [1.165, 1.54) is 31.5 Å². The van der Waals surface area contributed by atoms with Gasteiger partial charge >= 0.3 is 0 Å². The lowest BCUT2D eigenvalue weighted by atomic mass is 10.00. The second kappa shape index (κ2) is 9.43. The van der Waals surface area contributed by atoms with Crippen molar-refractivity contribution in [3.05, 3.63) is 70.8 Å². The van der Waals surface area contributed by atoms with Crippen LogP contribution in [0.5, 0.6) is 0 Å². The minimum Gasteiger partial charge on any atom is -0.356 e. The zero-order valence-electron chi connectivity index (χ0n) is 17.8. The summed E-state index contributed by atoms with van der Waals surface area (Å²) in [6, 6.07) is 15.6. The van der Waals surface area contributed by atoms with Crippen LogP contribution in [0.1, 0.15) is 58.8 Å². The van der Waals surface area contributed by atoms with E-state index in [0.29, 0.717) is 13.1 Å². The topological polar surface area (TPSA) is 52.7 Å². The summed E-state index contributed by atoms with van der Waals surface area (Å²) in [5.74, 6) is 0.0174. The van der Waals surface area contributed by atoms with Gasteiger partial charge in [0.25, 0.3) is 5.91 Å². The van der Waals surface area contributed by atoms with E-state index in [2.05, 4.69) is 10.2 Å². The minimum atomic E-state index is -0.260. The fraction of sp³-hybridized carbons (Fsp3) is 0.440. The predicted molar refractivity (Wildman–Crippen MR) is 118 cm³/mol. The Morgan fingerprint density at radius 1 is 1.07 bits per heavy atom. The molecule has 1 saturated heterocycles. The van der Waals surface area contributed by atoms with Crippen LogP contribution in [0.4, 0.5) is 0 Å². The molecule has 5 nitrogen and oxygen atoms in total. The molecule has 158 valence electrons. The van der Waals surface area contributed by atoms with Gasteiger partial charge < -0.3 is 15.1 Å². The van der Waals surface area contributed by atoms with Crippen molar-refractivity contribution in [2.24, 2.45) is 0 Å². The molecule has 4 rings (SSSR count). The van der Waals surface area contributed by atoms with E-state index in [-0.39, 0.29) is 24.3 Å². The van der Waals surface area contributed by atoms with Crippen LogP contribution in [-0.2, 0) is 11.3 Å². The molecule has 0 aliphatic carbocycles. The van der Waals surface area contributed by atoms with E-state index in [1.807, 2.05) is 60.4 Å².